The highest BCUT2D eigenvalue weighted by atomic mass is 19.4. The summed E-state index contributed by atoms with van der Waals surface area (Å²) in [4.78, 5) is 25.6. The molecule has 1 aromatic rings. The molecule has 1 atom stereocenters. The van der Waals surface area contributed by atoms with E-state index >= 15 is 0 Å². The molecule has 2 rings (SSSR count). The van der Waals surface area contributed by atoms with Crippen LogP contribution >= 0.6 is 0 Å². The lowest BCUT2D eigenvalue weighted by Crippen LogP contribution is -2.52. The molecule has 0 radical (unpaired) electrons. The number of rotatable bonds is 4. The molecule has 5 nitrogen and oxygen atoms in total. The van der Waals surface area contributed by atoms with Crippen molar-refractivity contribution in [2.45, 2.75) is 18.6 Å². The fourth-order valence-corrected chi connectivity index (χ4v) is 2.57. The van der Waals surface area contributed by atoms with Crippen molar-refractivity contribution in [3.8, 4) is 0 Å². The summed E-state index contributed by atoms with van der Waals surface area (Å²) in [7, 11) is 1.42. The van der Waals surface area contributed by atoms with Crippen LogP contribution in [0.1, 0.15) is 23.6 Å². The molecule has 1 fully saturated rings. The fourth-order valence-electron chi connectivity index (χ4n) is 2.57. The number of nitrogens with one attached hydrogen (secondary N) is 1. The topological polar surface area (TPSA) is 58.6 Å². The molecule has 2 amide bonds. The maximum atomic E-state index is 13.2. The first-order valence-electron chi connectivity index (χ1n) is 7.08. The van der Waals surface area contributed by atoms with E-state index in [0.717, 1.165) is 6.07 Å². The highest BCUT2D eigenvalue weighted by molar-refractivity contribution is 5.90. The van der Waals surface area contributed by atoms with E-state index in [1.807, 2.05) is 0 Å². The minimum atomic E-state index is -4.60. The standard InChI is InChI=1S/C15H17F3N2O3/c1-23-9-6-12(21)20-8-7-19-14(22)13(20)10-4-2-3-5-11(10)15(16,17)18/h2-5,13H,6-9H2,1H3,(H,19,22). The Morgan fingerprint density at radius 3 is 2.74 bits per heavy atom. The number of hydrogen-bond acceptors (Lipinski definition) is 3. The molecule has 1 aromatic carbocycles. The third kappa shape index (κ3) is 3.82. The van der Waals surface area contributed by atoms with Crippen LogP contribution in [0.5, 0.6) is 0 Å². The quantitative estimate of drug-likeness (QED) is 0.915. The van der Waals surface area contributed by atoms with Crippen LogP contribution in [0.25, 0.3) is 0 Å². The predicted molar refractivity (Wildman–Crippen MR) is 75.4 cm³/mol. The summed E-state index contributed by atoms with van der Waals surface area (Å²) in [6.07, 6.45) is -4.59. The van der Waals surface area contributed by atoms with Gasteiger partial charge in [0.2, 0.25) is 11.8 Å². The summed E-state index contributed by atoms with van der Waals surface area (Å²) in [5.41, 5.74) is -1.13. The number of piperazine rings is 1. The van der Waals surface area contributed by atoms with E-state index in [4.69, 9.17) is 4.74 Å². The van der Waals surface area contributed by atoms with Crippen molar-refractivity contribution in [2.75, 3.05) is 26.8 Å². The lowest BCUT2D eigenvalue weighted by molar-refractivity contribution is -0.147. The highest BCUT2D eigenvalue weighted by Crippen LogP contribution is 2.37. The highest BCUT2D eigenvalue weighted by Gasteiger charge is 2.41. The summed E-state index contributed by atoms with van der Waals surface area (Å²) >= 11 is 0. The van der Waals surface area contributed by atoms with Crippen LogP contribution in [0.3, 0.4) is 0 Å². The molecule has 0 aromatic heterocycles. The van der Waals surface area contributed by atoms with Gasteiger partial charge in [-0.25, -0.2) is 0 Å². The fraction of sp³-hybridized carbons (Fsp3) is 0.467. The molecule has 1 aliphatic rings. The van der Waals surface area contributed by atoms with E-state index in [-0.39, 0.29) is 31.7 Å². The summed E-state index contributed by atoms with van der Waals surface area (Å²) in [6, 6.07) is 3.53. The van der Waals surface area contributed by atoms with Crippen molar-refractivity contribution in [3.05, 3.63) is 35.4 Å². The normalized spacial score (nSPS) is 18.7. The lowest BCUT2D eigenvalue weighted by atomic mass is 9.96. The van der Waals surface area contributed by atoms with Gasteiger partial charge in [0.05, 0.1) is 18.6 Å². The average molecular weight is 330 g/mol. The second-order valence-corrected chi connectivity index (χ2v) is 5.11. The molecule has 0 bridgehead atoms. The van der Waals surface area contributed by atoms with E-state index in [0.29, 0.717) is 0 Å². The maximum absolute atomic E-state index is 13.2. The summed E-state index contributed by atoms with van der Waals surface area (Å²) in [5.74, 6) is -1.03. The molecule has 1 heterocycles. The second-order valence-electron chi connectivity index (χ2n) is 5.11. The minimum Gasteiger partial charge on any atom is -0.384 e. The molecule has 8 heteroatoms. The Balaban J connectivity index is 2.40. The van der Waals surface area contributed by atoms with E-state index < -0.39 is 29.6 Å². The number of alkyl halides is 3. The molecule has 1 saturated heterocycles. The zero-order valence-corrected chi connectivity index (χ0v) is 12.5. The second kappa shape index (κ2) is 6.99. The summed E-state index contributed by atoms with van der Waals surface area (Å²) in [5, 5.41) is 2.52. The Hall–Kier alpha value is -2.09. The molecule has 0 saturated carbocycles. The van der Waals surface area contributed by atoms with Crippen molar-refractivity contribution >= 4 is 11.8 Å². The van der Waals surface area contributed by atoms with Crippen molar-refractivity contribution in [3.63, 3.8) is 0 Å². The van der Waals surface area contributed by atoms with Crippen LogP contribution < -0.4 is 5.32 Å². The number of benzene rings is 1. The molecule has 126 valence electrons. The van der Waals surface area contributed by atoms with E-state index in [1.54, 1.807) is 0 Å². The first kappa shape index (κ1) is 17.3. The van der Waals surface area contributed by atoms with Crippen LogP contribution in [-0.2, 0) is 20.5 Å². The Kier molecular flexibility index (Phi) is 5.25. The van der Waals surface area contributed by atoms with Gasteiger partial charge in [-0.05, 0) is 11.6 Å². The largest absolute Gasteiger partial charge is 0.416 e. The van der Waals surface area contributed by atoms with Gasteiger partial charge in [0.25, 0.3) is 0 Å². The molecule has 0 aliphatic carbocycles. The average Bonchev–Trinajstić information content (AvgIpc) is 2.51. The van der Waals surface area contributed by atoms with Gasteiger partial charge < -0.3 is 15.0 Å². The van der Waals surface area contributed by atoms with E-state index in [9.17, 15) is 22.8 Å². The monoisotopic (exact) mass is 330 g/mol. The first-order chi connectivity index (χ1) is 10.9. The third-order valence-electron chi connectivity index (χ3n) is 3.61. The number of amides is 2. The van der Waals surface area contributed by atoms with Gasteiger partial charge >= 0.3 is 6.18 Å². The molecule has 1 unspecified atom stereocenters. The van der Waals surface area contributed by atoms with Gasteiger partial charge in [-0.1, -0.05) is 18.2 Å². The lowest BCUT2D eigenvalue weighted by Gasteiger charge is -2.36. The number of hydrogen-bond donors (Lipinski definition) is 1. The number of halogens is 3. The Morgan fingerprint density at radius 2 is 2.09 bits per heavy atom. The van der Waals surface area contributed by atoms with Crippen molar-refractivity contribution in [2.24, 2.45) is 0 Å². The van der Waals surface area contributed by atoms with E-state index in [1.165, 1.54) is 30.2 Å². The molecule has 1 aliphatic heterocycles. The number of carbonyl (C=O) groups is 2. The Morgan fingerprint density at radius 1 is 1.39 bits per heavy atom. The van der Waals surface area contributed by atoms with E-state index in [2.05, 4.69) is 5.32 Å². The third-order valence-corrected chi connectivity index (χ3v) is 3.61. The maximum Gasteiger partial charge on any atom is 0.416 e. The summed E-state index contributed by atoms with van der Waals surface area (Å²) in [6.45, 7) is 0.512. The number of ether oxygens (including phenoxy) is 1. The van der Waals surface area contributed by atoms with Crippen LogP contribution in [0.15, 0.2) is 24.3 Å². The molecule has 0 spiro atoms. The molecular formula is C15H17F3N2O3. The number of carbonyl (C=O) groups excluding carboxylic acids is 2. The SMILES string of the molecule is COCCC(=O)N1CCNC(=O)C1c1ccccc1C(F)(F)F. The van der Waals surface area contributed by atoms with Crippen LogP contribution in [-0.4, -0.2) is 43.5 Å². The van der Waals surface area contributed by atoms with Crippen LogP contribution in [0.2, 0.25) is 0 Å². The first-order valence-corrected chi connectivity index (χ1v) is 7.08. The van der Waals surface area contributed by atoms with Crippen molar-refractivity contribution in [1.29, 1.82) is 0 Å². The van der Waals surface area contributed by atoms with Crippen LogP contribution in [0, 0.1) is 0 Å². The zero-order valence-electron chi connectivity index (χ0n) is 12.5. The smallest absolute Gasteiger partial charge is 0.384 e. The van der Waals surface area contributed by atoms with Gasteiger partial charge in [-0.3, -0.25) is 9.59 Å². The Labute approximate surface area is 131 Å². The van der Waals surface area contributed by atoms with Crippen molar-refractivity contribution in [1.82, 2.24) is 10.2 Å². The van der Waals surface area contributed by atoms with Crippen LogP contribution in [0.4, 0.5) is 13.2 Å². The zero-order chi connectivity index (χ0) is 17.0. The van der Waals surface area contributed by atoms with Gasteiger partial charge in [0.1, 0.15) is 6.04 Å². The number of methoxy groups -OCH3 is 1. The van der Waals surface area contributed by atoms with Gasteiger partial charge in [0.15, 0.2) is 0 Å². The van der Waals surface area contributed by atoms with Crippen molar-refractivity contribution < 1.29 is 27.5 Å². The predicted octanol–water partition coefficient (Wildman–Crippen LogP) is 1.74. The van der Waals surface area contributed by atoms with Gasteiger partial charge in [-0.2, -0.15) is 13.2 Å². The molecular weight excluding hydrogens is 313 g/mol. The summed E-state index contributed by atoms with van der Waals surface area (Å²) < 4.78 is 44.4. The molecule has 1 N–H and O–H groups in total. The minimum absolute atomic E-state index is 0.00840. The van der Waals surface area contributed by atoms with Gasteiger partial charge in [-0.15, -0.1) is 0 Å². The Bertz CT molecular complexity index is 590. The molecule has 23 heavy (non-hydrogen) atoms. The van der Waals surface area contributed by atoms with Gasteiger partial charge in [0, 0.05) is 20.2 Å². The number of nitrogens with zero attached hydrogens (tertiary/aromatic N) is 1.